The summed E-state index contributed by atoms with van der Waals surface area (Å²) in [6, 6.07) is 7.03. The maximum absolute atomic E-state index is 10.8. The monoisotopic (exact) mass is 262 g/mol. The second-order valence-electron chi connectivity index (χ2n) is 3.94. The molecule has 4 nitrogen and oxygen atoms in total. The highest BCUT2D eigenvalue weighted by Gasteiger charge is 2.18. The molecule has 2 aromatic rings. The van der Waals surface area contributed by atoms with Crippen LogP contribution < -0.4 is 5.73 Å². The minimum Gasteiger partial charge on any atom is -0.480 e. The number of benzene rings is 1. The first-order valence-corrected chi connectivity index (χ1v) is 6.53. The third-order valence-electron chi connectivity index (χ3n) is 2.71. The number of aromatic nitrogens is 1. The lowest BCUT2D eigenvalue weighted by atomic mass is 10.1. The van der Waals surface area contributed by atoms with Crippen LogP contribution in [0.25, 0.3) is 11.3 Å². The van der Waals surface area contributed by atoms with Crippen molar-refractivity contribution in [3.05, 3.63) is 40.2 Å². The lowest BCUT2D eigenvalue weighted by Crippen LogP contribution is -2.20. The second-order valence-corrected chi connectivity index (χ2v) is 4.83. The fraction of sp³-hybridized carbons (Fsp3) is 0.231. The normalized spacial score (nSPS) is 12.3. The first kappa shape index (κ1) is 12.7. The second kappa shape index (κ2) is 5.29. The molecule has 0 saturated heterocycles. The Balaban J connectivity index is 2.26. The van der Waals surface area contributed by atoms with Gasteiger partial charge in [0.05, 0.1) is 5.69 Å². The zero-order valence-electron chi connectivity index (χ0n) is 9.96. The van der Waals surface area contributed by atoms with E-state index >= 15 is 0 Å². The summed E-state index contributed by atoms with van der Waals surface area (Å²) in [5.41, 5.74) is 8.54. The van der Waals surface area contributed by atoms with Crippen LogP contribution in [0.1, 0.15) is 23.5 Å². The lowest BCUT2D eigenvalue weighted by molar-refractivity contribution is -0.138. The van der Waals surface area contributed by atoms with Gasteiger partial charge in [-0.05, 0) is 12.0 Å². The standard InChI is InChI=1S/C13H14N2O2S/c1-2-8-3-5-9(6-4-8)10-7-18-12(15-10)11(14)13(16)17/h3-7,11H,2,14H2,1H3,(H,16,17). The van der Waals surface area contributed by atoms with Crippen LogP contribution in [0.2, 0.25) is 0 Å². The minimum absolute atomic E-state index is 0.428. The molecule has 0 fully saturated rings. The van der Waals surface area contributed by atoms with Crippen molar-refractivity contribution < 1.29 is 9.90 Å². The van der Waals surface area contributed by atoms with Crippen molar-refractivity contribution in [3.63, 3.8) is 0 Å². The third kappa shape index (κ3) is 2.57. The van der Waals surface area contributed by atoms with Gasteiger partial charge in [0.25, 0.3) is 0 Å². The molecule has 0 aliphatic carbocycles. The average molecular weight is 262 g/mol. The van der Waals surface area contributed by atoms with E-state index in [0.717, 1.165) is 17.7 Å². The van der Waals surface area contributed by atoms with Crippen molar-refractivity contribution in [1.29, 1.82) is 0 Å². The first-order chi connectivity index (χ1) is 8.61. The van der Waals surface area contributed by atoms with E-state index in [0.29, 0.717) is 5.01 Å². The topological polar surface area (TPSA) is 76.2 Å². The number of aryl methyl sites for hydroxylation is 1. The Morgan fingerprint density at radius 2 is 2.11 bits per heavy atom. The Hall–Kier alpha value is -1.72. The van der Waals surface area contributed by atoms with E-state index < -0.39 is 12.0 Å². The Morgan fingerprint density at radius 3 is 2.67 bits per heavy atom. The van der Waals surface area contributed by atoms with Gasteiger partial charge in [0.2, 0.25) is 0 Å². The number of carbonyl (C=O) groups is 1. The molecular formula is C13H14N2O2S. The SMILES string of the molecule is CCc1ccc(-c2csc(C(N)C(=O)O)n2)cc1. The number of hydrogen-bond donors (Lipinski definition) is 2. The number of carboxylic acid groups (broad SMARTS) is 1. The molecule has 18 heavy (non-hydrogen) atoms. The molecule has 0 amide bonds. The molecule has 1 atom stereocenters. The van der Waals surface area contributed by atoms with Gasteiger partial charge in [0.15, 0.2) is 6.04 Å². The maximum Gasteiger partial charge on any atom is 0.327 e. The van der Waals surface area contributed by atoms with Gasteiger partial charge in [0, 0.05) is 10.9 Å². The summed E-state index contributed by atoms with van der Waals surface area (Å²) >= 11 is 1.27. The molecule has 1 aromatic carbocycles. The van der Waals surface area contributed by atoms with Crippen LogP contribution in [0.3, 0.4) is 0 Å². The molecule has 0 bridgehead atoms. The molecule has 94 valence electrons. The Labute approximate surface area is 109 Å². The lowest BCUT2D eigenvalue weighted by Gasteiger charge is -2.01. The van der Waals surface area contributed by atoms with Crippen LogP contribution >= 0.6 is 11.3 Å². The Morgan fingerprint density at radius 1 is 1.44 bits per heavy atom. The smallest absolute Gasteiger partial charge is 0.327 e. The number of aliphatic carboxylic acids is 1. The van der Waals surface area contributed by atoms with Gasteiger partial charge >= 0.3 is 5.97 Å². The molecule has 0 aliphatic rings. The van der Waals surface area contributed by atoms with E-state index in [-0.39, 0.29) is 0 Å². The molecule has 1 unspecified atom stereocenters. The molecule has 0 radical (unpaired) electrons. The van der Waals surface area contributed by atoms with E-state index in [2.05, 4.69) is 11.9 Å². The van der Waals surface area contributed by atoms with E-state index in [1.54, 1.807) is 0 Å². The van der Waals surface area contributed by atoms with Gasteiger partial charge in [-0.3, -0.25) is 4.79 Å². The van der Waals surface area contributed by atoms with E-state index in [1.807, 2.05) is 29.6 Å². The highest BCUT2D eigenvalue weighted by atomic mass is 32.1. The van der Waals surface area contributed by atoms with E-state index in [4.69, 9.17) is 10.8 Å². The quantitative estimate of drug-likeness (QED) is 0.887. The molecule has 1 aromatic heterocycles. The van der Waals surface area contributed by atoms with Crippen LogP contribution in [0.4, 0.5) is 0 Å². The van der Waals surface area contributed by atoms with Gasteiger partial charge < -0.3 is 10.8 Å². The van der Waals surface area contributed by atoms with Crippen molar-refractivity contribution >= 4 is 17.3 Å². The van der Waals surface area contributed by atoms with Crippen molar-refractivity contribution in [2.24, 2.45) is 5.73 Å². The highest BCUT2D eigenvalue weighted by molar-refractivity contribution is 7.10. The molecular weight excluding hydrogens is 248 g/mol. The summed E-state index contributed by atoms with van der Waals surface area (Å²) in [5.74, 6) is -1.06. The zero-order valence-corrected chi connectivity index (χ0v) is 10.8. The fourth-order valence-corrected chi connectivity index (χ4v) is 2.40. The van der Waals surface area contributed by atoms with Crippen LogP contribution in [-0.2, 0) is 11.2 Å². The predicted molar refractivity (Wildman–Crippen MR) is 71.5 cm³/mol. The van der Waals surface area contributed by atoms with Gasteiger partial charge in [0.1, 0.15) is 5.01 Å². The van der Waals surface area contributed by atoms with Crippen molar-refractivity contribution in [1.82, 2.24) is 4.98 Å². The van der Waals surface area contributed by atoms with Crippen molar-refractivity contribution in [2.45, 2.75) is 19.4 Å². The summed E-state index contributed by atoms with van der Waals surface area (Å²) in [7, 11) is 0. The maximum atomic E-state index is 10.8. The van der Waals surface area contributed by atoms with E-state index in [1.165, 1.54) is 16.9 Å². The van der Waals surface area contributed by atoms with Crippen LogP contribution in [0.15, 0.2) is 29.6 Å². The molecule has 3 N–H and O–H groups in total. The predicted octanol–water partition coefficient (Wildman–Crippen LogP) is 2.46. The molecule has 2 rings (SSSR count). The molecule has 1 heterocycles. The molecule has 5 heteroatoms. The molecule has 0 spiro atoms. The van der Waals surface area contributed by atoms with Crippen LogP contribution in [-0.4, -0.2) is 16.1 Å². The summed E-state index contributed by atoms with van der Waals surface area (Å²) in [6.07, 6.45) is 0.993. The molecule has 0 saturated carbocycles. The summed E-state index contributed by atoms with van der Waals surface area (Å²) in [4.78, 5) is 15.0. The van der Waals surface area contributed by atoms with Gasteiger partial charge in [-0.1, -0.05) is 31.2 Å². The Bertz CT molecular complexity index is 548. The van der Waals surface area contributed by atoms with Crippen molar-refractivity contribution in [2.75, 3.05) is 0 Å². The van der Waals surface area contributed by atoms with Gasteiger partial charge in [-0.2, -0.15) is 0 Å². The number of nitrogens with zero attached hydrogens (tertiary/aromatic N) is 1. The number of thiazole rings is 1. The number of carboxylic acids is 1. The number of hydrogen-bond acceptors (Lipinski definition) is 4. The van der Waals surface area contributed by atoms with Crippen LogP contribution in [0.5, 0.6) is 0 Å². The summed E-state index contributed by atoms with van der Waals surface area (Å²) < 4.78 is 0. The van der Waals surface area contributed by atoms with Gasteiger partial charge in [-0.15, -0.1) is 11.3 Å². The zero-order chi connectivity index (χ0) is 13.1. The Kier molecular flexibility index (Phi) is 3.74. The highest BCUT2D eigenvalue weighted by Crippen LogP contribution is 2.25. The largest absolute Gasteiger partial charge is 0.480 e. The number of rotatable bonds is 4. The molecule has 0 aliphatic heterocycles. The number of nitrogens with two attached hydrogens (primary N) is 1. The summed E-state index contributed by atoms with van der Waals surface area (Å²) in [5, 5.41) is 11.1. The fourth-order valence-electron chi connectivity index (χ4n) is 1.58. The third-order valence-corrected chi connectivity index (χ3v) is 3.64. The van der Waals surface area contributed by atoms with E-state index in [9.17, 15) is 4.79 Å². The first-order valence-electron chi connectivity index (χ1n) is 5.65. The van der Waals surface area contributed by atoms with Crippen LogP contribution in [0, 0.1) is 0 Å². The van der Waals surface area contributed by atoms with Gasteiger partial charge in [-0.25, -0.2) is 4.98 Å². The average Bonchev–Trinajstić information content (AvgIpc) is 2.87. The minimum atomic E-state index is -1.06. The summed E-state index contributed by atoms with van der Waals surface area (Å²) in [6.45, 7) is 2.10. The van der Waals surface area contributed by atoms with Crippen molar-refractivity contribution in [3.8, 4) is 11.3 Å².